The van der Waals surface area contributed by atoms with Crippen LogP contribution in [0.3, 0.4) is 0 Å². The predicted octanol–water partition coefficient (Wildman–Crippen LogP) is 0.528. The first-order chi connectivity index (χ1) is 8.63. The van der Waals surface area contributed by atoms with E-state index in [4.69, 9.17) is 5.73 Å². The molecule has 0 unspecified atom stereocenters. The lowest BCUT2D eigenvalue weighted by Crippen LogP contribution is -2.04. The fraction of sp³-hybridized carbons (Fsp3) is 0.273. The molecule has 0 saturated carbocycles. The van der Waals surface area contributed by atoms with E-state index in [1.807, 2.05) is 0 Å². The van der Waals surface area contributed by atoms with Gasteiger partial charge in [0.2, 0.25) is 0 Å². The van der Waals surface area contributed by atoms with Gasteiger partial charge in [-0.2, -0.15) is 0 Å². The summed E-state index contributed by atoms with van der Waals surface area (Å²) in [5.74, 6) is -0.0130. The number of methoxy groups -OCH3 is 1. The van der Waals surface area contributed by atoms with E-state index in [0.29, 0.717) is 29.1 Å². The largest absolute Gasteiger partial charge is 0.466 e. The van der Waals surface area contributed by atoms with Gasteiger partial charge in [-0.05, 0) is 6.92 Å². The van der Waals surface area contributed by atoms with Crippen molar-refractivity contribution in [2.45, 2.75) is 13.5 Å². The summed E-state index contributed by atoms with van der Waals surface area (Å²) in [6.07, 6.45) is 4.73. The standard InChI is InChI=1S/C11H13N5O2/c1-7(11(17)18-2)3-4-16-6-15-8-9(12)13-5-14-10(8)16/h3,5-6H,4H2,1-2H3,(H2,12,13,14). The second-order valence-corrected chi connectivity index (χ2v) is 3.71. The van der Waals surface area contributed by atoms with E-state index >= 15 is 0 Å². The maximum absolute atomic E-state index is 11.2. The number of nitrogens with zero attached hydrogens (tertiary/aromatic N) is 4. The van der Waals surface area contributed by atoms with Crippen LogP contribution in [0.5, 0.6) is 0 Å². The van der Waals surface area contributed by atoms with Crippen molar-refractivity contribution in [2.24, 2.45) is 0 Å². The summed E-state index contributed by atoms with van der Waals surface area (Å²) >= 11 is 0. The second-order valence-electron chi connectivity index (χ2n) is 3.71. The Morgan fingerprint density at radius 2 is 2.28 bits per heavy atom. The number of fused-ring (bicyclic) bond motifs is 1. The number of anilines is 1. The molecule has 2 rings (SSSR count). The first kappa shape index (κ1) is 12.0. The summed E-state index contributed by atoms with van der Waals surface area (Å²) < 4.78 is 6.39. The Labute approximate surface area is 103 Å². The number of imidazole rings is 1. The molecule has 0 fully saturated rings. The SMILES string of the molecule is COC(=O)C(C)=CCn1cnc2c(N)ncnc21. The predicted molar refractivity (Wildman–Crippen MR) is 65.5 cm³/mol. The quantitative estimate of drug-likeness (QED) is 0.627. The minimum absolute atomic E-state index is 0.340. The van der Waals surface area contributed by atoms with Crippen molar-refractivity contribution in [1.82, 2.24) is 19.5 Å². The molecule has 0 aliphatic rings. The van der Waals surface area contributed by atoms with Gasteiger partial charge in [-0.3, -0.25) is 0 Å². The van der Waals surface area contributed by atoms with Crippen molar-refractivity contribution in [3.8, 4) is 0 Å². The number of ether oxygens (including phenoxy) is 1. The monoisotopic (exact) mass is 247 g/mol. The number of carbonyl (C=O) groups excluding carboxylic acids is 1. The van der Waals surface area contributed by atoms with Gasteiger partial charge in [-0.15, -0.1) is 0 Å². The van der Waals surface area contributed by atoms with E-state index in [1.54, 1.807) is 23.9 Å². The Kier molecular flexibility index (Phi) is 3.22. The third-order valence-electron chi connectivity index (χ3n) is 2.53. The topological polar surface area (TPSA) is 95.9 Å². The van der Waals surface area contributed by atoms with Gasteiger partial charge in [-0.25, -0.2) is 19.7 Å². The normalized spacial score (nSPS) is 11.8. The van der Waals surface area contributed by atoms with Crippen molar-refractivity contribution in [1.29, 1.82) is 0 Å². The Balaban J connectivity index is 2.28. The highest BCUT2D eigenvalue weighted by molar-refractivity contribution is 5.87. The van der Waals surface area contributed by atoms with Crippen LogP contribution >= 0.6 is 0 Å². The summed E-state index contributed by atoms with van der Waals surface area (Å²) in [5, 5.41) is 0. The molecule has 18 heavy (non-hydrogen) atoms. The minimum Gasteiger partial charge on any atom is -0.466 e. The van der Waals surface area contributed by atoms with Crippen molar-refractivity contribution in [3.63, 3.8) is 0 Å². The van der Waals surface area contributed by atoms with Gasteiger partial charge in [0, 0.05) is 12.1 Å². The molecule has 7 heteroatoms. The van der Waals surface area contributed by atoms with Crippen LogP contribution in [0.25, 0.3) is 11.2 Å². The lowest BCUT2D eigenvalue weighted by Gasteiger charge is -2.01. The number of aromatic nitrogens is 4. The van der Waals surface area contributed by atoms with Gasteiger partial charge >= 0.3 is 5.97 Å². The van der Waals surface area contributed by atoms with E-state index in [0.717, 1.165) is 0 Å². The van der Waals surface area contributed by atoms with Crippen molar-refractivity contribution in [3.05, 3.63) is 24.3 Å². The van der Waals surface area contributed by atoms with Gasteiger partial charge in [0.15, 0.2) is 11.5 Å². The summed E-state index contributed by atoms with van der Waals surface area (Å²) in [7, 11) is 1.35. The zero-order chi connectivity index (χ0) is 13.1. The Morgan fingerprint density at radius 3 is 3.00 bits per heavy atom. The van der Waals surface area contributed by atoms with Crippen LogP contribution in [0.1, 0.15) is 6.92 Å². The van der Waals surface area contributed by atoms with E-state index in [2.05, 4.69) is 19.7 Å². The summed E-state index contributed by atoms with van der Waals surface area (Å²) in [5.41, 5.74) is 7.40. The lowest BCUT2D eigenvalue weighted by atomic mass is 10.3. The van der Waals surface area contributed by atoms with Crippen molar-refractivity contribution < 1.29 is 9.53 Å². The third-order valence-corrected chi connectivity index (χ3v) is 2.53. The minimum atomic E-state index is -0.353. The number of rotatable bonds is 3. The zero-order valence-corrected chi connectivity index (χ0v) is 10.1. The molecule has 2 aromatic heterocycles. The molecule has 0 spiro atoms. The molecule has 0 saturated heterocycles. The van der Waals surface area contributed by atoms with E-state index < -0.39 is 0 Å². The molecule has 0 radical (unpaired) electrons. The van der Waals surface area contributed by atoms with Crippen molar-refractivity contribution in [2.75, 3.05) is 12.8 Å². The first-order valence-corrected chi connectivity index (χ1v) is 5.30. The average Bonchev–Trinajstić information content (AvgIpc) is 2.79. The average molecular weight is 247 g/mol. The molecular weight excluding hydrogens is 234 g/mol. The van der Waals surface area contributed by atoms with Gasteiger partial charge in [-0.1, -0.05) is 6.08 Å². The highest BCUT2D eigenvalue weighted by atomic mass is 16.5. The van der Waals surface area contributed by atoms with Crippen LogP contribution in [0.15, 0.2) is 24.3 Å². The number of esters is 1. The number of nitrogens with two attached hydrogens (primary N) is 1. The number of nitrogen functional groups attached to an aromatic ring is 1. The van der Waals surface area contributed by atoms with Crippen molar-refractivity contribution >= 4 is 23.0 Å². The smallest absolute Gasteiger partial charge is 0.333 e. The van der Waals surface area contributed by atoms with Gasteiger partial charge < -0.3 is 15.0 Å². The van der Waals surface area contributed by atoms with Gasteiger partial charge in [0.1, 0.15) is 11.8 Å². The maximum atomic E-state index is 11.2. The first-order valence-electron chi connectivity index (χ1n) is 5.30. The molecule has 0 amide bonds. The molecule has 7 nitrogen and oxygen atoms in total. The summed E-state index contributed by atoms with van der Waals surface area (Å²) in [6.45, 7) is 2.15. The Hall–Kier alpha value is -2.44. The van der Waals surface area contributed by atoms with E-state index in [1.165, 1.54) is 13.4 Å². The second kappa shape index (κ2) is 4.82. The zero-order valence-electron chi connectivity index (χ0n) is 10.1. The van der Waals surface area contributed by atoms with Crippen LogP contribution in [-0.2, 0) is 16.1 Å². The molecule has 0 aromatic carbocycles. The van der Waals surface area contributed by atoms with Gasteiger partial charge in [0.25, 0.3) is 0 Å². The fourth-order valence-corrected chi connectivity index (χ4v) is 1.51. The highest BCUT2D eigenvalue weighted by Crippen LogP contribution is 2.14. The van der Waals surface area contributed by atoms with E-state index in [-0.39, 0.29) is 5.97 Å². The van der Waals surface area contributed by atoms with Crippen LogP contribution in [0.4, 0.5) is 5.82 Å². The molecule has 94 valence electrons. The molecular formula is C11H13N5O2. The highest BCUT2D eigenvalue weighted by Gasteiger charge is 2.07. The summed E-state index contributed by atoms with van der Waals surface area (Å²) in [4.78, 5) is 23.3. The molecule has 0 aliphatic heterocycles. The Morgan fingerprint density at radius 1 is 1.50 bits per heavy atom. The van der Waals surface area contributed by atoms with Crippen LogP contribution < -0.4 is 5.73 Å². The summed E-state index contributed by atoms with van der Waals surface area (Å²) in [6, 6.07) is 0. The number of hydrogen-bond donors (Lipinski definition) is 1. The molecule has 2 heterocycles. The molecule has 2 aromatic rings. The van der Waals surface area contributed by atoms with Gasteiger partial charge in [0.05, 0.1) is 13.4 Å². The van der Waals surface area contributed by atoms with Crippen LogP contribution in [0.2, 0.25) is 0 Å². The lowest BCUT2D eigenvalue weighted by molar-refractivity contribution is -0.136. The molecule has 0 aliphatic carbocycles. The Bertz CT molecular complexity index is 617. The molecule has 0 atom stereocenters. The number of carbonyl (C=O) groups is 1. The third kappa shape index (κ3) is 2.15. The fourth-order valence-electron chi connectivity index (χ4n) is 1.51. The maximum Gasteiger partial charge on any atom is 0.333 e. The number of allylic oxidation sites excluding steroid dienone is 1. The number of hydrogen-bond acceptors (Lipinski definition) is 6. The molecule has 2 N–H and O–H groups in total. The van der Waals surface area contributed by atoms with Crippen LogP contribution in [0, 0.1) is 0 Å². The van der Waals surface area contributed by atoms with Crippen LogP contribution in [-0.4, -0.2) is 32.6 Å². The van der Waals surface area contributed by atoms with E-state index in [9.17, 15) is 4.79 Å². The molecule has 0 bridgehead atoms.